The zero-order valence-electron chi connectivity index (χ0n) is 6.80. The summed E-state index contributed by atoms with van der Waals surface area (Å²) < 4.78 is 5.60. The van der Waals surface area contributed by atoms with E-state index in [0.29, 0.717) is 5.73 Å². The summed E-state index contributed by atoms with van der Waals surface area (Å²) in [6.07, 6.45) is 4.03. The molecule has 0 bridgehead atoms. The first-order valence-electron chi connectivity index (χ1n) is 3.92. The normalized spacial score (nSPS) is 26.1. The van der Waals surface area contributed by atoms with Crippen molar-refractivity contribution in [2.45, 2.75) is 38.1 Å². The maximum absolute atomic E-state index is 5.60. The molecular weight excluding hydrogens is 164 g/mol. The van der Waals surface area contributed by atoms with Crippen LogP contribution in [0, 0.1) is 0 Å². The van der Waals surface area contributed by atoms with Gasteiger partial charge in [-0.05, 0) is 19.3 Å². The van der Waals surface area contributed by atoms with Crippen LogP contribution >= 0.6 is 12.4 Å². The number of hydrogen-bond acceptors (Lipinski definition) is 1. The van der Waals surface area contributed by atoms with Crippen molar-refractivity contribution in [3.63, 3.8) is 0 Å². The SMILES string of the molecule is C[SiH](C)C1CCCCO1.Cl. The van der Waals surface area contributed by atoms with Crippen LogP contribution in [0.1, 0.15) is 19.3 Å². The standard InChI is InChI=1S/C7H16OSi.ClH/c1-9(2)7-5-3-4-6-8-7;/h7,9H,3-6H2,1-2H3;1H. The number of ether oxygens (including phenoxy) is 1. The second-order valence-corrected chi connectivity index (χ2v) is 6.38. The summed E-state index contributed by atoms with van der Waals surface area (Å²) in [5.41, 5.74) is 0.693. The van der Waals surface area contributed by atoms with E-state index in [1.807, 2.05) is 0 Å². The molecule has 0 aromatic carbocycles. The zero-order chi connectivity index (χ0) is 6.69. The van der Waals surface area contributed by atoms with Crippen LogP contribution in [-0.4, -0.2) is 21.1 Å². The van der Waals surface area contributed by atoms with Crippen LogP contribution in [0.2, 0.25) is 13.1 Å². The second-order valence-electron chi connectivity index (χ2n) is 3.15. The molecule has 1 fully saturated rings. The van der Waals surface area contributed by atoms with E-state index in [1.54, 1.807) is 0 Å². The number of rotatable bonds is 1. The third-order valence-corrected chi connectivity index (χ3v) is 3.97. The topological polar surface area (TPSA) is 9.23 Å². The molecule has 1 atom stereocenters. The summed E-state index contributed by atoms with van der Waals surface area (Å²) in [6.45, 7) is 5.77. The van der Waals surface area contributed by atoms with Gasteiger partial charge in [0.15, 0.2) is 0 Å². The smallest absolute Gasteiger partial charge is 0.0656 e. The molecule has 1 rings (SSSR count). The van der Waals surface area contributed by atoms with E-state index in [9.17, 15) is 0 Å². The summed E-state index contributed by atoms with van der Waals surface area (Å²) in [7, 11) is -0.474. The van der Waals surface area contributed by atoms with Gasteiger partial charge in [0.2, 0.25) is 0 Å². The van der Waals surface area contributed by atoms with E-state index in [2.05, 4.69) is 13.1 Å². The van der Waals surface area contributed by atoms with Crippen LogP contribution in [-0.2, 0) is 4.74 Å². The summed E-state index contributed by atoms with van der Waals surface area (Å²) in [4.78, 5) is 0. The Bertz CT molecular complexity index is 81.7. The molecule has 1 heterocycles. The van der Waals surface area contributed by atoms with Gasteiger partial charge in [-0.25, -0.2) is 0 Å². The van der Waals surface area contributed by atoms with E-state index >= 15 is 0 Å². The molecule has 10 heavy (non-hydrogen) atoms. The van der Waals surface area contributed by atoms with E-state index in [1.165, 1.54) is 19.3 Å². The molecule has 0 aliphatic carbocycles. The fourth-order valence-corrected chi connectivity index (χ4v) is 2.71. The highest BCUT2D eigenvalue weighted by atomic mass is 35.5. The van der Waals surface area contributed by atoms with Crippen molar-refractivity contribution >= 4 is 21.2 Å². The molecule has 0 aromatic rings. The highest BCUT2D eigenvalue weighted by molar-refractivity contribution is 6.57. The van der Waals surface area contributed by atoms with Gasteiger partial charge < -0.3 is 4.74 Å². The summed E-state index contributed by atoms with van der Waals surface area (Å²) >= 11 is 0. The highest BCUT2D eigenvalue weighted by Crippen LogP contribution is 2.14. The second kappa shape index (κ2) is 5.16. The molecule has 62 valence electrons. The lowest BCUT2D eigenvalue weighted by atomic mass is 10.2. The summed E-state index contributed by atoms with van der Waals surface area (Å²) in [5.74, 6) is 0. The molecular formula is C7H17ClOSi. The van der Waals surface area contributed by atoms with Gasteiger partial charge in [-0.1, -0.05) is 13.1 Å². The molecule has 0 saturated carbocycles. The molecule has 1 unspecified atom stereocenters. The van der Waals surface area contributed by atoms with Gasteiger partial charge in [0.25, 0.3) is 0 Å². The van der Waals surface area contributed by atoms with Gasteiger partial charge in [0.05, 0.1) is 8.80 Å². The third-order valence-electron chi connectivity index (χ3n) is 1.96. The van der Waals surface area contributed by atoms with Crippen LogP contribution in [0.5, 0.6) is 0 Å². The molecule has 1 nitrogen and oxygen atoms in total. The minimum atomic E-state index is -0.474. The number of hydrogen-bond donors (Lipinski definition) is 0. The molecule has 0 radical (unpaired) electrons. The Balaban J connectivity index is 0.000000810. The van der Waals surface area contributed by atoms with E-state index < -0.39 is 8.80 Å². The lowest BCUT2D eigenvalue weighted by Gasteiger charge is -2.24. The first kappa shape index (κ1) is 10.5. The lowest BCUT2D eigenvalue weighted by Crippen LogP contribution is -2.31. The van der Waals surface area contributed by atoms with Gasteiger partial charge in [-0.3, -0.25) is 0 Å². The van der Waals surface area contributed by atoms with Crippen LogP contribution in [0.25, 0.3) is 0 Å². The molecule has 0 N–H and O–H groups in total. The highest BCUT2D eigenvalue weighted by Gasteiger charge is 2.17. The first-order valence-corrected chi connectivity index (χ1v) is 6.90. The van der Waals surface area contributed by atoms with Gasteiger partial charge in [0, 0.05) is 12.3 Å². The van der Waals surface area contributed by atoms with Gasteiger partial charge in [-0.2, -0.15) is 0 Å². The lowest BCUT2D eigenvalue weighted by molar-refractivity contribution is 0.0631. The Morgan fingerprint density at radius 3 is 2.30 bits per heavy atom. The average Bonchev–Trinajstić information content (AvgIpc) is 1.90. The van der Waals surface area contributed by atoms with Gasteiger partial charge in [0.1, 0.15) is 0 Å². The fraction of sp³-hybridized carbons (Fsp3) is 1.00. The Morgan fingerprint density at radius 2 is 2.00 bits per heavy atom. The first-order chi connectivity index (χ1) is 4.30. The average molecular weight is 181 g/mol. The number of halogens is 1. The fourth-order valence-electron chi connectivity index (χ4n) is 1.29. The monoisotopic (exact) mass is 180 g/mol. The molecule has 3 heteroatoms. The summed E-state index contributed by atoms with van der Waals surface area (Å²) in [6, 6.07) is 0. The Labute approximate surface area is 71.2 Å². The molecule has 1 saturated heterocycles. The molecule has 1 aliphatic heterocycles. The van der Waals surface area contributed by atoms with Crippen LogP contribution in [0.3, 0.4) is 0 Å². The van der Waals surface area contributed by atoms with Crippen molar-refractivity contribution in [3.8, 4) is 0 Å². The van der Waals surface area contributed by atoms with Crippen LogP contribution in [0.4, 0.5) is 0 Å². The third kappa shape index (κ3) is 3.04. The quantitative estimate of drug-likeness (QED) is 0.561. The molecule has 0 amide bonds. The Morgan fingerprint density at radius 1 is 1.30 bits per heavy atom. The van der Waals surface area contributed by atoms with Crippen molar-refractivity contribution in [1.82, 2.24) is 0 Å². The Hall–Kier alpha value is 0.467. The van der Waals surface area contributed by atoms with Crippen molar-refractivity contribution in [1.29, 1.82) is 0 Å². The maximum Gasteiger partial charge on any atom is 0.0656 e. The minimum absolute atomic E-state index is 0. The van der Waals surface area contributed by atoms with E-state index in [-0.39, 0.29) is 12.4 Å². The van der Waals surface area contributed by atoms with Crippen LogP contribution in [0.15, 0.2) is 0 Å². The van der Waals surface area contributed by atoms with Crippen molar-refractivity contribution in [2.75, 3.05) is 6.61 Å². The molecule has 0 spiro atoms. The molecule has 0 aromatic heterocycles. The van der Waals surface area contributed by atoms with Crippen molar-refractivity contribution in [3.05, 3.63) is 0 Å². The maximum atomic E-state index is 5.60. The van der Waals surface area contributed by atoms with Crippen LogP contribution < -0.4 is 0 Å². The predicted molar refractivity (Wildman–Crippen MR) is 49.7 cm³/mol. The van der Waals surface area contributed by atoms with Crippen molar-refractivity contribution in [2.24, 2.45) is 0 Å². The zero-order valence-corrected chi connectivity index (χ0v) is 8.77. The van der Waals surface area contributed by atoms with Gasteiger partial charge >= 0.3 is 0 Å². The van der Waals surface area contributed by atoms with Gasteiger partial charge in [-0.15, -0.1) is 12.4 Å². The van der Waals surface area contributed by atoms with Crippen molar-refractivity contribution < 1.29 is 4.74 Å². The predicted octanol–water partition coefficient (Wildman–Crippen LogP) is 2.00. The van der Waals surface area contributed by atoms with E-state index in [4.69, 9.17) is 4.74 Å². The molecule has 1 aliphatic rings. The largest absolute Gasteiger partial charge is 0.382 e. The minimum Gasteiger partial charge on any atom is -0.382 e. The Kier molecular flexibility index (Phi) is 5.40. The van der Waals surface area contributed by atoms with E-state index in [0.717, 1.165) is 6.61 Å². The summed E-state index contributed by atoms with van der Waals surface area (Å²) in [5, 5.41) is 0.